The molecular formula is C9H12N4Se. The van der Waals surface area contributed by atoms with Crippen molar-refractivity contribution in [2.45, 2.75) is 6.42 Å². The minimum atomic E-state index is 0.0496. The Hall–Kier alpha value is -0.901. The Bertz CT molecular complexity index is 396. The van der Waals surface area contributed by atoms with Gasteiger partial charge in [0.05, 0.1) is 0 Å². The molecule has 0 bridgehead atoms. The van der Waals surface area contributed by atoms with Crippen LogP contribution in [0.5, 0.6) is 0 Å². The number of nitrogens with two attached hydrogens (primary N) is 1. The number of hydrogen-bond donors (Lipinski definition) is 2. The van der Waals surface area contributed by atoms with Crippen molar-refractivity contribution >= 4 is 31.6 Å². The Balaban J connectivity index is 2.12. The molecule has 1 aliphatic rings. The van der Waals surface area contributed by atoms with Crippen LogP contribution in [0.15, 0.2) is 26.1 Å². The molecule has 2 rings (SSSR count). The first-order valence-electron chi connectivity index (χ1n) is 4.57. The Morgan fingerprint density at radius 1 is 1.36 bits per heavy atom. The zero-order valence-corrected chi connectivity index (χ0v) is 9.45. The molecule has 74 valence electrons. The van der Waals surface area contributed by atoms with Crippen molar-refractivity contribution in [1.82, 2.24) is 0 Å². The molecule has 0 unspecified atom stereocenters. The molecule has 0 aliphatic carbocycles. The van der Waals surface area contributed by atoms with Crippen molar-refractivity contribution in [2.24, 2.45) is 13.7 Å². The van der Waals surface area contributed by atoms with Gasteiger partial charge < -0.3 is 0 Å². The quantitative estimate of drug-likeness (QED) is 0.646. The number of fused-ring (bicyclic) bond motifs is 1. The molecule has 1 aromatic carbocycles. The molecule has 0 saturated carbocycles. The molecule has 0 amide bonds. The first-order valence-corrected chi connectivity index (χ1v) is 6.10. The van der Waals surface area contributed by atoms with Crippen molar-refractivity contribution < 1.29 is 0 Å². The van der Waals surface area contributed by atoms with Gasteiger partial charge in [0.15, 0.2) is 0 Å². The average Bonchev–Trinajstić information content (AvgIpc) is 2.67. The molecule has 0 spiro atoms. The van der Waals surface area contributed by atoms with Crippen molar-refractivity contribution in [1.29, 1.82) is 0 Å². The van der Waals surface area contributed by atoms with Gasteiger partial charge in [0.25, 0.3) is 0 Å². The van der Waals surface area contributed by atoms with Gasteiger partial charge in [-0.3, -0.25) is 0 Å². The van der Waals surface area contributed by atoms with Crippen LogP contribution in [0.1, 0.15) is 6.42 Å². The fraction of sp³-hybridized carbons (Fsp3) is 0.333. The molecule has 3 N–H and O–H groups in total. The van der Waals surface area contributed by atoms with E-state index in [0.29, 0.717) is 6.54 Å². The summed E-state index contributed by atoms with van der Waals surface area (Å²) in [5, 5.41) is 3.32. The number of nitrogens with one attached hydrogen (secondary N) is 1. The summed E-state index contributed by atoms with van der Waals surface area (Å²) in [5.41, 5.74) is 8.54. The SMILES string of the molecule is NCCCNc1cccc2c1N=[Se]=N2. The first kappa shape index (κ1) is 9.65. The van der Waals surface area contributed by atoms with Crippen molar-refractivity contribution in [2.75, 3.05) is 18.4 Å². The molecule has 0 radical (unpaired) electrons. The van der Waals surface area contributed by atoms with E-state index in [1.54, 1.807) is 0 Å². The van der Waals surface area contributed by atoms with Gasteiger partial charge in [0, 0.05) is 0 Å². The van der Waals surface area contributed by atoms with E-state index in [4.69, 9.17) is 5.73 Å². The van der Waals surface area contributed by atoms with Gasteiger partial charge in [-0.1, -0.05) is 0 Å². The van der Waals surface area contributed by atoms with E-state index in [1.165, 1.54) is 0 Å². The summed E-state index contributed by atoms with van der Waals surface area (Å²) in [5.74, 6) is 0. The van der Waals surface area contributed by atoms with Crippen molar-refractivity contribution in [3.63, 3.8) is 0 Å². The van der Waals surface area contributed by atoms with E-state index >= 15 is 0 Å². The molecular weight excluding hydrogens is 243 g/mol. The van der Waals surface area contributed by atoms with Crippen LogP contribution in [0.3, 0.4) is 0 Å². The van der Waals surface area contributed by atoms with Gasteiger partial charge in [-0.25, -0.2) is 0 Å². The van der Waals surface area contributed by atoms with E-state index in [0.717, 1.165) is 30.0 Å². The Labute approximate surface area is 88.6 Å². The molecule has 5 heteroatoms. The van der Waals surface area contributed by atoms with Gasteiger partial charge >= 0.3 is 88.3 Å². The summed E-state index contributed by atoms with van der Waals surface area (Å²) in [4.78, 5) is 0. The van der Waals surface area contributed by atoms with Crippen LogP contribution in [-0.2, 0) is 0 Å². The Morgan fingerprint density at radius 3 is 3.14 bits per heavy atom. The maximum absolute atomic E-state index is 5.43. The van der Waals surface area contributed by atoms with E-state index < -0.39 is 0 Å². The third-order valence-corrected chi connectivity index (χ3v) is 3.12. The van der Waals surface area contributed by atoms with E-state index in [9.17, 15) is 0 Å². The third-order valence-electron chi connectivity index (χ3n) is 1.98. The normalized spacial score (nSPS) is 12.4. The summed E-state index contributed by atoms with van der Waals surface area (Å²) >= 11 is 0.0496. The monoisotopic (exact) mass is 256 g/mol. The molecule has 1 aromatic rings. The summed E-state index contributed by atoms with van der Waals surface area (Å²) in [6.45, 7) is 1.61. The molecule has 0 saturated heterocycles. The number of hydrogen-bond acceptors (Lipinski definition) is 4. The predicted octanol–water partition coefficient (Wildman–Crippen LogP) is 1.80. The summed E-state index contributed by atoms with van der Waals surface area (Å²) < 4.78 is 8.70. The molecule has 0 aromatic heterocycles. The molecule has 14 heavy (non-hydrogen) atoms. The van der Waals surface area contributed by atoms with Gasteiger partial charge in [0.2, 0.25) is 0 Å². The molecule has 1 heterocycles. The zero-order valence-electron chi connectivity index (χ0n) is 7.73. The number of nitrogens with zero attached hydrogens (tertiary/aromatic N) is 2. The fourth-order valence-electron chi connectivity index (χ4n) is 1.27. The van der Waals surface area contributed by atoms with E-state index in [-0.39, 0.29) is 14.6 Å². The standard InChI is InChI=1S/C9H12N4Se/c10-5-2-6-11-7-3-1-4-8-9(7)13-14-12-8/h1,3-4,11H,2,5-6,10H2. The third kappa shape index (κ3) is 1.95. The van der Waals surface area contributed by atoms with Crippen LogP contribution < -0.4 is 11.1 Å². The van der Waals surface area contributed by atoms with Crippen molar-refractivity contribution in [3.8, 4) is 0 Å². The number of benzene rings is 1. The van der Waals surface area contributed by atoms with Crippen LogP contribution in [0.2, 0.25) is 0 Å². The summed E-state index contributed by atoms with van der Waals surface area (Å²) in [6, 6.07) is 6.04. The minimum absolute atomic E-state index is 0.0496. The second-order valence-corrected chi connectivity index (χ2v) is 4.12. The van der Waals surface area contributed by atoms with Crippen LogP contribution in [0, 0.1) is 0 Å². The fourth-order valence-corrected chi connectivity index (χ4v) is 2.43. The molecule has 1 aliphatic heterocycles. The maximum atomic E-state index is 5.43. The second-order valence-electron chi connectivity index (χ2n) is 3.01. The van der Waals surface area contributed by atoms with Crippen LogP contribution in [-0.4, -0.2) is 27.7 Å². The second kappa shape index (κ2) is 4.55. The van der Waals surface area contributed by atoms with Crippen LogP contribution in [0.4, 0.5) is 17.1 Å². The van der Waals surface area contributed by atoms with E-state index in [1.807, 2.05) is 18.2 Å². The van der Waals surface area contributed by atoms with Gasteiger partial charge in [0.1, 0.15) is 0 Å². The zero-order chi connectivity index (χ0) is 9.80. The van der Waals surface area contributed by atoms with Crippen molar-refractivity contribution in [3.05, 3.63) is 18.2 Å². The molecule has 4 nitrogen and oxygen atoms in total. The average molecular weight is 255 g/mol. The van der Waals surface area contributed by atoms with Gasteiger partial charge in [-0.2, -0.15) is 0 Å². The predicted molar refractivity (Wildman–Crippen MR) is 58.5 cm³/mol. The van der Waals surface area contributed by atoms with E-state index in [2.05, 4.69) is 13.2 Å². The first-order chi connectivity index (χ1) is 6.92. The van der Waals surface area contributed by atoms with Crippen LogP contribution >= 0.6 is 0 Å². The number of rotatable bonds is 4. The molecule has 0 fully saturated rings. The topological polar surface area (TPSA) is 62.8 Å². The Kier molecular flexibility index (Phi) is 3.14. The summed E-state index contributed by atoms with van der Waals surface area (Å²) in [6.07, 6.45) is 0.978. The van der Waals surface area contributed by atoms with Gasteiger partial charge in [-0.15, -0.1) is 0 Å². The van der Waals surface area contributed by atoms with Crippen LogP contribution in [0.25, 0.3) is 0 Å². The molecule has 0 atom stereocenters. The Morgan fingerprint density at radius 2 is 2.29 bits per heavy atom. The van der Waals surface area contributed by atoms with Gasteiger partial charge in [-0.05, 0) is 0 Å². The summed E-state index contributed by atoms with van der Waals surface area (Å²) in [7, 11) is 0. The number of anilines is 1.